The van der Waals surface area contributed by atoms with Crippen molar-refractivity contribution in [2.24, 2.45) is 0 Å². The lowest BCUT2D eigenvalue weighted by Gasteiger charge is -2.14. The van der Waals surface area contributed by atoms with Gasteiger partial charge in [-0.3, -0.25) is 4.79 Å². The minimum absolute atomic E-state index is 0.202. The van der Waals surface area contributed by atoms with Gasteiger partial charge in [-0.05, 0) is 19.1 Å². The molecule has 0 radical (unpaired) electrons. The number of carbonyl (C=O) groups is 1. The van der Waals surface area contributed by atoms with E-state index < -0.39 is 0 Å². The third kappa shape index (κ3) is 2.68. The predicted octanol–water partition coefficient (Wildman–Crippen LogP) is 3.10. The number of amides is 1. The topological polar surface area (TPSA) is 47.6 Å². The number of rotatable bonds is 3. The van der Waals surface area contributed by atoms with E-state index in [0.29, 0.717) is 22.1 Å². The first-order valence-corrected chi connectivity index (χ1v) is 6.24. The van der Waals surface area contributed by atoms with Gasteiger partial charge in [0.2, 0.25) is 0 Å². The summed E-state index contributed by atoms with van der Waals surface area (Å²) in [7, 11) is 1.57. The minimum Gasteiger partial charge on any atom is -0.495 e. The summed E-state index contributed by atoms with van der Waals surface area (Å²) in [6.45, 7) is 1.76. The Morgan fingerprint density at radius 3 is 2.89 bits per heavy atom. The maximum atomic E-state index is 12.1. The van der Waals surface area contributed by atoms with Crippen LogP contribution < -0.4 is 10.1 Å². The number of para-hydroxylation sites is 2. The van der Waals surface area contributed by atoms with Crippen molar-refractivity contribution < 1.29 is 14.3 Å². The smallest absolute Gasteiger partial charge is 0.265 e. The molecule has 1 aromatic carbocycles. The van der Waals surface area contributed by atoms with Crippen LogP contribution in [0.4, 0.5) is 5.69 Å². The van der Waals surface area contributed by atoms with Crippen LogP contribution in [0.1, 0.15) is 6.92 Å². The zero-order valence-corrected chi connectivity index (χ0v) is 10.9. The molecule has 1 aromatic rings. The van der Waals surface area contributed by atoms with Crippen molar-refractivity contribution in [1.29, 1.82) is 0 Å². The van der Waals surface area contributed by atoms with E-state index in [1.54, 1.807) is 37.8 Å². The molecule has 0 atom stereocenters. The van der Waals surface area contributed by atoms with E-state index in [9.17, 15) is 4.79 Å². The number of allylic oxidation sites excluding steroid dienone is 1. The number of nitrogens with one attached hydrogen (secondary N) is 1. The SMILES string of the molecule is COc1ccccc1NC(=O)C1=C(C)OC=CS1. The number of ether oxygens (including phenoxy) is 2. The molecule has 18 heavy (non-hydrogen) atoms. The third-order valence-corrected chi connectivity index (χ3v) is 3.32. The molecule has 1 N–H and O–H groups in total. The molecular formula is C13H13NO3S. The van der Waals surface area contributed by atoms with Crippen LogP contribution in [0.2, 0.25) is 0 Å². The first-order valence-electron chi connectivity index (χ1n) is 5.36. The first kappa shape index (κ1) is 12.6. The van der Waals surface area contributed by atoms with Gasteiger partial charge >= 0.3 is 0 Å². The predicted molar refractivity (Wildman–Crippen MR) is 72.1 cm³/mol. The Hall–Kier alpha value is -1.88. The largest absolute Gasteiger partial charge is 0.495 e. The second-order valence-corrected chi connectivity index (χ2v) is 4.46. The lowest BCUT2D eigenvalue weighted by Crippen LogP contribution is -2.15. The van der Waals surface area contributed by atoms with Gasteiger partial charge in [0.1, 0.15) is 16.4 Å². The van der Waals surface area contributed by atoms with Crippen LogP contribution in [-0.2, 0) is 9.53 Å². The Labute approximate surface area is 110 Å². The average Bonchev–Trinajstić information content (AvgIpc) is 2.39. The molecule has 0 spiro atoms. The number of anilines is 1. The number of hydrogen-bond acceptors (Lipinski definition) is 4. The summed E-state index contributed by atoms with van der Waals surface area (Å²) in [5.41, 5.74) is 0.639. The van der Waals surface area contributed by atoms with Crippen LogP contribution >= 0.6 is 11.8 Å². The summed E-state index contributed by atoms with van der Waals surface area (Å²) in [5.74, 6) is 1.02. The van der Waals surface area contributed by atoms with Gasteiger partial charge in [0, 0.05) is 5.41 Å². The summed E-state index contributed by atoms with van der Waals surface area (Å²) in [5, 5.41) is 4.53. The number of thioether (sulfide) groups is 1. The van der Waals surface area contributed by atoms with Crippen LogP contribution in [0.3, 0.4) is 0 Å². The van der Waals surface area contributed by atoms with E-state index in [-0.39, 0.29) is 5.91 Å². The summed E-state index contributed by atoms with van der Waals surface area (Å²) < 4.78 is 10.4. The Kier molecular flexibility index (Phi) is 3.94. The number of benzene rings is 1. The van der Waals surface area contributed by atoms with Crippen LogP contribution in [0, 0.1) is 0 Å². The van der Waals surface area contributed by atoms with Crippen LogP contribution in [0.25, 0.3) is 0 Å². The Bertz CT molecular complexity index is 523. The molecule has 4 nitrogen and oxygen atoms in total. The van der Waals surface area contributed by atoms with Crippen LogP contribution in [-0.4, -0.2) is 13.0 Å². The Morgan fingerprint density at radius 1 is 1.39 bits per heavy atom. The standard InChI is InChI=1S/C13H13NO3S/c1-9-12(18-8-7-17-9)13(15)14-10-5-3-4-6-11(10)16-2/h3-8H,1-2H3,(H,14,15). The molecule has 0 aromatic heterocycles. The van der Waals surface area contributed by atoms with Gasteiger partial charge in [-0.25, -0.2) is 0 Å². The first-order chi connectivity index (χ1) is 8.72. The molecular weight excluding hydrogens is 250 g/mol. The molecule has 1 aliphatic heterocycles. The number of carbonyl (C=O) groups excluding carboxylic acids is 1. The van der Waals surface area contributed by atoms with E-state index >= 15 is 0 Å². The zero-order valence-electron chi connectivity index (χ0n) is 10.1. The summed E-state index contributed by atoms with van der Waals surface area (Å²) in [6, 6.07) is 7.27. The van der Waals surface area contributed by atoms with Gasteiger partial charge < -0.3 is 14.8 Å². The van der Waals surface area contributed by atoms with Gasteiger partial charge in [0.05, 0.1) is 19.1 Å². The average molecular weight is 263 g/mol. The third-order valence-electron chi connectivity index (χ3n) is 2.37. The molecule has 0 saturated heterocycles. The molecule has 0 aliphatic carbocycles. The lowest BCUT2D eigenvalue weighted by atomic mass is 10.3. The van der Waals surface area contributed by atoms with Gasteiger partial charge in [-0.2, -0.15) is 0 Å². The van der Waals surface area contributed by atoms with Crippen molar-refractivity contribution in [3.05, 3.63) is 46.6 Å². The molecule has 2 rings (SSSR count). The van der Waals surface area contributed by atoms with Crippen molar-refractivity contribution in [3.63, 3.8) is 0 Å². The molecule has 0 bridgehead atoms. The molecule has 0 unspecified atom stereocenters. The Balaban J connectivity index is 2.16. The van der Waals surface area contributed by atoms with Crippen molar-refractivity contribution >= 4 is 23.4 Å². The highest BCUT2D eigenvalue weighted by atomic mass is 32.2. The maximum absolute atomic E-state index is 12.1. The van der Waals surface area contributed by atoms with Crippen molar-refractivity contribution in [3.8, 4) is 5.75 Å². The van der Waals surface area contributed by atoms with Crippen LogP contribution in [0.5, 0.6) is 5.75 Å². The van der Waals surface area contributed by atoms with Gasteiger partial charge in [0.25, 0.3) is 5.91 Å². The highest BCUT2D eigenvalue weighted by Crippen LogP contribution is 2.29. The Morgan fingerprint density at radius 2 is 2.17 bits per heavy atom. The van der Waals surface area contributed by atoms with Crippen LogP contribution in [0.15, 0.2) is 46.6 Å². The number of methoxy groups -OCH3 is 1. The van der Waals surface area contributed by atoms with E-state index in [1.807, 2.05) is 12.1 Å². The molecule has 5 heteroatoms. The highest BCUT2D eigenvalue weighted by Gasteiger charge is 2.17. The molecule has 1 aliphatic rings. The summed E-state index contributed by atoms with van der Waals surface area (Å²) in [6.07, 6.45) is 1.56. The van der Waals surface area contributed by atoms with Gasteiger partial charge in [-0.1, -0.05) is 23.9 Å². The van der Waals surface area contributed by atoms with E-state index in [2.05, 4.69) is 5.32 Å². The summed E-state index contributed by atoms with van der Waals surface area (Å²) in [4.78, 5) is 12.6. The second kappa shape index (κ2) is 5.64. The fraction of sp³-hybridized carbons (Fsp3) is 0.154. The molecule has 0 fully saturated rings. The number of hydrogen-bond donors (Lipinski definition) is 1. The second-order valence-electron chi connectivity index (χ2n) is 3.55. The van der Waals surface area contributed by atoms with Crippen molar-refractivity contribution in [2.75, 3.05) is 12.4 Å². The molecule has 1 heterocycles. The lowest BCUT2D eigenvalue weighted by molar-refractivity contribution is -0.112. The highest BCUT2D eigenvalue weighted by molar-refractivity contribution is 8.06. The van der Waals surface area contributed by atoms with Crippen molar-refractivity contribution in [1.82, 2.24) is 0 Å². The van der Waals surface area contributed by atoms with Gasteiger partial charge in [-0.15, -0.1) is 0 Å². The zero-order chi connectivity index (χ0) is 13.0. The minimum atomic E-state index is -0.202. The normalized spacial score (nSPS) is 14.1. The molecule has 0 saturated carbocycles. The molecule has 94 valence electrons. The maximum Gasteiger partial charge on any atom is 0.265 e. The van der Waals surface area contributed by atoms with E-state index in [0.717, 1.165) is 0 Å². The van der Waals surface area contributed by atoms with Crippen molar-refractivity contribution in [2.45, 2.75) is 6.92 Å². The summed E-state index contributed by atoms with van der Waals surface area (Å²) >= 11 is 1.33. The fourth-order valence-corrected chi connectivity index (χ4v) is 2.12. The van der Waals surface area contributed by atoms with E-state index in [1.165, 1.54) is 11.8 Å². The van der Waals surface area contributed by atoms with Gasteiger partial charge in [0.15, 0.2) is 0 Å². The monoisotopic (exact) mass is 263 g/mol. The fourth-order valence-electron chi connectivity index (χ4n) is 1.50. The quantitative estimate of drug-likeness (QED) is 0.910. The van der Waals surface area contributed by atoms with E-state index in [4.69, 9.17) is 9.47 Å². The molecule has 1 amide bonds.